The van der Waals surface area contributed by atoms with Gasteiger partial charge in [-0.15, -0.1) is 0 Å². The summed E-state index contributed by atoms with van der Waals surface area (Å²) in [6.45, 7) is 9.11. The Kier molecular flexibility index (Phi) is 9.55. The summed E-state index contributed by atoms with van der Waals surface area (Å²) in [5.74, 6) is 0.402. The van der Waals surface area contributed by atoms with Crippen LogP contribution < -0.4 is 16.4 Å². The van der Waals surface area contributed by atoms with Crippen LogP contribution >= 0.6 is 0 Å². The summed E-state index contributed by atoms with van der Waals surface area (Å²) in [5.41, 5.74) is 9.58. The highest BCUT2D eigenvalue weighted by molar-refractivity contribution is 7.89. The van der Waals surface area contributed by atoms with E-state index in [-0.39, 0.29) is 10.7 Å². The zero-order chi connectivity index (χ0) is 30.4. The van der Waals surface area contributed by atoms with Crippen LogP contribution in [0.5, 0.6) is 0 Å². The summed E-state index contributed by atoms with van der Waals surface area (Å²) in [5, 5.41) is 5.97. The van der Waals surface area contributed by atoms with Gasteiger partial charge < -0.3 is 26.2 Å². The number of anilines is 2. The predicted molar refractivity (Wildman–Crippen MR) is 169 cm³/mol. The Bertz CT molecular complexity index is 1590. The second kappa shape index (κ2) is 13.1. The number of aryl methyl sites for hydroxylation is 1. The van der Waals surface area contributed by atoms with Crippen molar-refractivity contribution in [1.82, 2.24) is 14.1 Å². The van der Waals surface area contributed by atoms with Crippen molar-refractivity contribution >= 4 is 45.2 Å². The van der Waals surface area contributed by atoms with Crippen LogP contribution in [0.2, 0.25) is 0 Å². The minimum Gasteiger partial charge on any atom is -0.383 e. The van der Waals surface area contributed by atoms with Crippen LogP contribution in [0.1, 0.15) is 22.3 Å². The number of guanidine groups is 1. The highest BCUT2D eigenvalue weighted by Gasteiger charge is 2.22. The van der Waals surface area contributed by atoms with Crippen molar-refractivity contribution in [1.29, 1.82) is 0 Å². The fraction of sp³-hybridized carbons (Fsp3) is 0.310. The molecule has 2 heterocycles. The maximum Gasteiger partial charge on any atom is 0.255 e. The van der Waals surface area contributed by atoms with Crippen LogP contribution in [-0.4, -0.2) is 93.6 Å². The Balaban J connectivity index is 1.59. The number of carbonyl (C=O) groups excluding carboxylic acids is 1. The summed E-state index contributed by atoms with van der Waals surface area (Å²) < 4.78 is 26.1. The maximum atomic E-state index is 13.1. The van der Waals surface area contributed by atoms with Crippen molar-refractivity contribution in [2.75, 3.05) is 58.0 Å². The first-order valence-corrected chi connectivity index (χ1v) is 14.9. The number of allylic oxidation sites excluding steroid dienone is 1. The number of likely N-dealkylation sites (N-methyl/N-ethyl adjacent to an activating group) is 1. The van der Waals surface area contributed by atoms with E-state index in [1.54, 1.807) is 36.5 Å². The number of nitrogens with one attached hydrogen (secondary N) is 2. The lowest BCUT2D eigenvalue weighted by molar-refractivity contribution is 0.102. The zero-order valence-electron chi connectivity index (χ0n) is 24.3. The molecule has 4 N–H and O–H groups in total. The number of sulfonamides is 1. The molecule has 0 saturated carbocycles. The fourth-order valence-electron chi connectivity index (χ4n) is 4.41. The van der Waals surface area contributed by atoms with Crippen LogP contribution in [-0.2, 0) is 10.0 Å². The lowest BCUT2D eigenvalue weighted by Crippen LogP contribution is -2.36. The van der Waals surface area contributed by atoms with Gasteiger partial charge in [-0.05, 0) is 62.8 Å². The molecule has 2 aromatic carbocycles. The second-order valence-electron chi connectivity index (χ2n) is 10.2. The lowest BCUT2D eigenvalue weighted by Gasteiger charge is -2.24. The molecular weight excluding hydrogens is 554 g/mol. The Morgan fingerprint density at radius 2 is 1.90 bits per heavy atom. The van der Waals surface area contributed by atoms with Gasteiger partial charge in [0.2, 0.25) is 16.0 Å². The first-order valence-electron chi connectivity index (χ1n) is 13.5. The number of nitrogens with two attached hydrogens (primary N) is 1. The van der Waals surface area contributed by atoms with Crippen molar-refractivity contribution < 1.29 is 13.2 Å². The third-order valence-electron chi connectivity index (χ3n) is 6.88. The second-order valence-corrected chi connectivity index (χ2v) is 12.3. The first kappa shape index (κ1) is 30.6. The molecule has 0 unspecified atom stereocenters. The number of benzene rings is 2. The Hall–Kier alpha value is -4.33. The van der Waals surface area contributed by atoms with E-state index >= 15 is 0 Å². The van der Waals surface area contributed by atoms with Crippen molar-refractivity contribution in [2.45, 2.75) is 18.2 Å². The molecule has 2 aromatic rings. The van der Waals surface area contributed by atoms with Crippen molar-refractivity contribution in [3.05, 3.63) is 77.9 Å². The van der Waals surface area contributed by atoms with Crippen molar-refractivity contribution in [3.8, 4) is 0 Å². The molecule has 222 valence electrons. The van der Waals surface area contributed by atoms with Crippen LogP contribution in [0.3, 0.4) is 0 Å². The average molecular weight is 592 g/mol. The van der Waals surface area contributed by atoms with Crippen LogP contribution in [0.4, 0.5) is 11.4 Å². The molecule has 0 atom stereocenters. The van der Waals surface area contributed by atoms with E-state index in [0.717, 1.165) is 42.5 Å². The third kappa shape index (κ3) is 7.11. The normalized spacial score (nSPS) is 18.5. The molecule has 1 fully saturated rings. The topological polar surface area (TPSA) is 148 Å². The molecule has 0 aliphatic carbocycles. The highest BCUT2D eigenvalue weighted by atomic mass is 32.2. The highest BCUT2D eigenvalue weighted by Crippen LogP contribution is 2.23. The number of carbonyl (C=O) groups is 1. The molecule has 2 aliphatic rings. The predicted octanol–water partition coefficient (Wildman–Crippen LogP) is 2.70. The molecule has 2 aliphatic heterocycles. The molecule has 42 heavy (non-hydrogen) atoms. The Morgan fingerprint density at radius 3 is 2.64 bits per heavy atom. The summed E-state index contributed by atoms with van der Waals surface area (Å²) in [7, 11) is 1.36. The SMILES string of the molecule is C=C/N=C1/C=NC(N2CCCN(C)CC2)=N/C1=C(/N)Nc1cc(C(=O)Nc2cccc(S(=O)(=O)N(C)C)c2)ccc1C. The summed E-state index contributed by atoms with van der Waals surface area (Å²) in [6, 6.07) is 11.3. The van der Waals surface area contributed by atoms with Gasteiger partial charge in [0.25, 0.3) is 5.91 Å². The average Bonchev–Trinajstić information content (AvgIpc) is 3.18. The molecule has 0 bridgehead atoms. The van der Waals surface area contributed by atoms with E-state index in [4.69, 9.17) is 10.7 Å². The molecule has 1 saturated heterocycles. The molecule has 0 spiro atoms. The molecular formula is C29H37N9O3S. The smallest absolute Gasteiger partial charge is 0.255 e. The van der Waals surface area contributed by atoms with E-state index in [1.165, 1.54) is 32.4 Å². The van der Waals surface area contributed by atoms with Gasteiger partial charge in [-0.3, -0.25) is 9.79 Å². The molecule has 0 radical (unpaired) electrons. The fourth-order valence-corrected chi connectivity index (χ4v) is 5.35. The minimum absolute atomic E-state index is 0.0797. The van der Waals surface area contributed by atoms with Crippen LogP contribution in [0, 0.1) is 6.92 Å². The molecule has 13 heteroatoms. The van der Waals surface area contributed by atoms with Gasteiger partial charge in [-0.25, -0.2) is 22.7 Å². The maximum absolute atomic E-state index is 13.1. The van der Waals surface area contributed by atoms with Crippen LogP contribution in [0.25, 0.3) is 0 Å². The molecule has 1 amide bonds. The van der Waals surface area contributed by atoms with Gasteiger partial charge in [0, 0.05) is 56.9 Å². The van der Waals surface area contributed by atoms with Gasteiger partial charge >= 0.3 is 0 Å². The van der Waals surface area contributed by atoms with Gasteiger partial charge in [0.15, 0.2) is 0 Å². The summed E-state index contributed by atoms with van der Waals surface area (Å²) >= 11 is 0. The molecule has 12 nitrogen and oxygen atoms in total. The third-order valence-corrected chi connectivity index (χ3v) is 8.70. The van der Waals surface area contributed by atoms with Gasteiger partial charge in [-0.1, -0.05) is 18.7 Å². The minimum atomic E-state index is -3.65. The van der Waals surface area contributed by atoms with Gasteiger partial charge in [0.1, 0.15) is 17.2 Å². The summed E-state index contributed by atoms with van der Waals surface area (Å²) in [4.78, 5) is 31.2. The van der Waals surface area contributed by atoms with Gasteiger partial charge in [0.05, 0.1) is 11.1 Å². The van der Waals surface area contributed by atoms with E-state index in [0.29, 0.717) is 34.3 Å². The lowest BCUT2D eigenvalue weighted by atomic mass is 10.1. The van der Waals surface area contributed by atoms with E-state index < -0.39 is 15.9 Å². The monoisotopic (exact) mass is 591 g/mol. The number of nitrogens with zero attached hydrogens (tertiary/aromatic N) is 6. The molecule has 0 aromatic heterocycles. The summed E-state index contributed by atoms with van der Waals surface area (Å²) in [6.07, 6.45) is 4.03. The van der Waals surface area contributed by atoms with E-state index in [9.17, 15) is 13.2 Å². The number of hydrogen-bond acceptors (Lipinski definition) is 10. The number of amides is 1. The molecule has 4 rings (SSSR count). The van der Waals surface area contributed by atoms with E-state index in [1.807, 2.05) is 6.92 Å². The Labute approximate surface area is 247 Å². The van der Waals surface area contributed by atoms with Crippen molar-refractivity contribution in [3.63, 3.8) is 0 Å². The standard InChI is InChI=1S/C29H37N9O3S/c1-6-31-25-19-32-29(38-14-8-13-37(5)15-16-38)35-26(25)27(30)34-24-17-21(12-11-20(24)2)28(39)33-22-9-7-10-23(18-22)42(40,41)36(3)4/h6-7,9-12,17-19,34H,1,8,13-16,30H2,2-5H3,(H,33,39)/b27-26-,31-25-. The first-order chi connectivity index (χ1) is 20.0. The van der Waals surface area contributed by atoms with Gasteiger partial charge in [-0.2, -0.15) is 0 Å². The number of rotatable bonds is 7. The van der Waals surface area contributed by atoms with Crippen LogP contribution in [0.15, 0.2) is 86.6 Å². The largest absolute Gasteiger partial charge is 0.383 e. The van der Waals surface area contributed by atoms with Crippen molar-refractivity contribution in [2.24, 2.45) is 20.7 Å². The number of aliphatic imine (C=N–C) groups is 3. The Morgan fingerprint density at radius 1 is 1.12 bits per heavy atom. The number of hydrogen-bond donors (Lipinski definition) is 3. The van der Waals surface area contributed by atoms with E-state index in [2.05, 4.69) is 44.0 Å². The quantitative estimate of drug-likeness (QED) is 0.448. The zero-order valence-corrected chi connectivity index (χ0v) is 25.1.